The highest BCUT2D eigenvalue weighted by molar-refractivity contribution is 5.80. The van der Waals surface area contributed by atoms with Gasteiger partial charge in [0, 0.05) is 37.9 Å². The van der Waals surface area contributed by atoms with E-state index in [2.05, 4.69) is 17.3 Å². The number of aryl methyl sites for hydroxylation is 2. The minimum atomic E-state index is -0.752. The molecule has 0 spiro atoms. The van der Waals surface area contributed by atoms with Gasteiger partial charge in [0.05, 0.1) is 11.1 Å². The van der Waals surface area contributed by atoms with Gasteiger partial charge in [-0.3, -0.25) is 9.48 Å². The summed E-state index contributed by atoms with van der Waals surface area (Å²) in [5, 5.41) is 17.0. The van der Waals surface area contributed by atoms with Crippen LogP contribution < -0.4 is 5.32 Å². The summed E-state index contributed by atoms with van der Waals surface area (Å²) in [5.74, 6) is -0.660. The summed E-state index contributed by atoms with van der Waals surface area (Å²) in [7, 11) is 0. The molecule has 2 fully saturated rings. The maximum Gasteiger partial charge on any atom is 0.317 e. The van der Waals surface area contributed by atoms with Crippen molar-refractivity contribution in [2.24, 2.45) is 11.3 Å². The maximum atomic E-state index is 12.5. The zero-order chi connectivity index (χ0) is 18.0. The molecule has 2 aliphatic rings. The van der Waals surface area contributed by atoms with E-state index in [0.717, 1.165) is 43.5 Å². The quantitative estimate of drug-likeness (QED) is 0.826. The van der Waals surface area contributed by atoms with Gasteiger partial charge in [0.15, 0.2) is 0 Å². The molecule has 1 saturated heterocycles. The van der Waals surface area contributed by atoms with Gasteiger partial charge in [-0.1, -0.05) is 19.8 Å². The highest BCUT2D eigenvalue weighted by atomic mass is 16.4. The Balaban J connectivity index is 1.57. The summed E-state index contributed by atoms with van der Waals surface area (Å²) in [4.78, 5) is 25.9. The predicted molar refractivity (Wildman–Crippen MR) is 93.1 cm³/mol. The van der Waals surface area contributed by atoms with Crippen LogP contribution in [0.25, 0.3) is 0 Å². The third-order valence-electron chi connectivity index (χ3n) is 5.80. The summed E-state index contributed by atoms with van der Waals surface area (Å²) >= 11 is 0. The van der Waals surface area contributed by atoms with E-state index in [1.807, 2.05) is 17.8 Å². The van der Waals surface area contributed by atoms with E-state index in [1.165, 1.54) is 0 Å². The molecule has 3 rings (SSSR count). The van der Waals surface area contributed by atoms with E-state index in [1.54, 1.807) is 4.90 Å². The number of urea groups is 1. The van der Waals surface area contributed by atoms with Crippen LogP contribution in [0.2, 0.25) is 0 Å². The summed E-state index contributed by atoms with van der Waals surface area (Å²) in [5.41, 5.74) is 1.21. The lowest BCUT2D eigenvalue weighted by Crippen LogP contribution is -2.41. The van der Waals surface area contributed by atoms with Crippen LogP contribution in [-0.4, -0.2) is 44.9 Å². The van der Waals surface area contributed by atoms with Gasteiger partial charge in [0.25, 0.3) is 0 Å². The summed E-state index contributed by atoms with van der Waals surface area (Å²) in [6.07, 6.45) is 6.72. The van der Waals surface area contributed by atoms with Crippen molar-refractivity contribution in [1.29, 1.82) is 0 Å². The highest BCUT2D eigenvalue weighted by Gasteiger charge is 2.55. The van der Waals surface area contributed by atoms with Crippen LogP contribution in [-0.2, 0) is 17.9 Å². The zero-order valence-electron chi connectivity index (χ0n) is 15.1. The molecule has 1 aromatic heterocycles. The number of hydrogen-bond donors (Lipinski definition) is 2. The lowest BCUT2D eigenvalue weighted by atomic mass is 9.81. The number of nitrogens with one attached hydrogen (secondary N) is 1. The molecule has 2 atom stereocenters. The van der Waals surface area contributed by atoms with Crippen molar-refractivity contribution in [2.45, 2.75) is 59.0 Å². The van der Waals surface area contributed by atoms with Crippen molar-refractivity contribution >= 4 is 12.0 Å². The van der Waals surface area contributed by atoms with Gasteiger partial charge >= 0.3 is 12.0 Å². The Kier molecular flexibility index (Phi) is 5.01. The molecule has 1 aliphatic heterocycles. The Labute approximate surface area is 148 Å². The van der Waals surface area contributed by atoms with Crippen molar-refractivity contribution in [3.8, 4) is 0 Å². The molecule has 2 N–H and O–H groups in total. The van der Waals surface area contributed by atoms with Crippen LogP contribution in [0.5, 0.6) is 0 Å². The molecule has 2 heterocycles. The average Bonchev–Trinajstić information content (AvgIpc) is 3.23. The Hall–Kier alpha value is -2.05. The number of nitrogens with zero attached hydrogens (tertiary/aromatic N) is 3. The number of aliphatic carboxylic acids is 1. The number of likely N-dealkylation sites (tertiary alicyclic amines) is 1. The van der Waals surface area contributed by atoms with E-state index in [-0.39, 0.29) is 11.9 Å². The topological polar surface area (TPSA) is 87.5 Å². The van der Waals surface area contributed by atoms with E-state index in [0.29, 0.717) is 26.1 Å². The number of amides is 2. The van der Waals surface area contributed by atoms with Gasteiger partial charge in [-0.15, -0.1) is 0 Å². The molecule has 0 radical (unpaired) electrons. The lowest BCUT2D eigenvalue weighted by Gasteiger charge is -2.23. The Bertz CT molecular complexity index is 657. The monoisotopic (exact) mass is 348 g/mol. The van der Waals surface area contributed by atoms with Crippen molar-refractivity contribution in [2.75, 3.05) is 13.1 Å². The van der Waals surface area contributed by atoms with E-state index >= 15 is 0 Å². The molecule has 1 aromatic rings. The number of rotatable bonds is 6. The minimum Gasteiger partial charge on any atom is -0.481 e. The second kappa shape index (κ2) is 7.06. The standard InChI is InChI=1S/C18H28N4O3/c1-3-4-8-22-10-14(13(2)20-22)9-19-17(25)21-11-15-6-5-7-18(15,12-21)16(23)24/h10,15H,3-9,11-12H2,1-2H3,(H,19,25)(H,23,24)/t15-,18+/m0/s1. The highest BCUT2D eigenvalue weighted by Crippen LogP contribution is 2.48. The first kappa shape index (κ1) is 17.8. The first-order valence-corrected chi connectivity index (χ1v) is 9.25. The van der Waals surface area contributed by atoms with E-state index in [4.69, 9.17) is 0 Å². The number of fused-ring (bicyclic) bond motifs is 1. The third kappa shape index (κ3) is 3.37. The average molecular weight is 348 g/mol. The lowest BCUT2D eigenvalue weighted by molar-refractivity contribution is -0.149. The van der Waals surface area contributed by atoms with Crippen molar-refractivity contribution < 1.29 is 14.7 Å². The van der Waals surface area contributed by atoms with Crippen molar-refractivity contribution in [3.63, 3.8) is 0 Å². The largest absolute Gasteiger partial charge is 0.481 e. The van der Waals surface area contributed by atoms with Crippen LogP contribution in [0.15, 0.2) is 6.20 Å². The minimum absolute atomic E-state index is 0.0919. The number of carboxylic acids is 1. The molecule has 0 aromatic carbocycles. The van der Waals surface area contributed by atoms with Crippen LogP contribution in [0.3, 0.4) is 0 Å². The molecule has 0 unspecified atom stereocenters. The number of hydrogen-bond acceptors (Lipinski definition) is 3. The fourth-order valence-corrected chi connectivity index (χ4v) is 4.24. The molecule has 0 bridgehead atoms. The van der Waals surface area contributed by atoms with Gasteiger partial charge < -0.3 is 15.3 Å². The number of aromatic nitrogens is 2. The SMILES string of the molecule is CCCCn1cc(CNC(=O)N2C[C@@H]3CCC[C@@]3(C(=O)O)C2)c(C)n1. The van der Waals surface area contributed by atoms with Crippen molar-refractivity contribution in [1.82, 2.24) is 20.0 Å². The van der Waals surface area contributed by atoms with E-state index in [9.17, 15) is 14.7 Å². The summed E-state index contributed by atoms with van der Waals surface area (Å²) in [6.45, 7) is 6.29. The fraction of sp³-hybridized carbons (Fsp3) is 0.722. The molecular formula is C18H28N4O3. The number of carboxylic acid groups (broad SMARTS) is 1. The second-order valence-electron chi connectivity index (χ2n) is 7.45. The van der Waals surface area contributed by atoms with Crippen LogP contribution in [0, 0.1) is 18.3 Å². The molecule has 1 saturated carbocycles. The maximum absolute atomic E-state index is 12.5. The Morgan fingerprint density at radius 2 is 2.28 bits per heavy atom. The van der Waals surface area contributed by atoms with Crippen LogP contribution >= 0.6 is 0 Å². The molecule has 2 amide bonds. The van der Waals surface area contributed by atoms with Gasteiger partial charge in [0.2, 0.25) is 0 Å². The Morgan fingerprint density at radius 3 is 2.96 bits per heavy atom. The fourth-order valence-electron chi connectivity index (χ4n) is 4.24. The van der Waals surface area contributed by atoms with Gasteiger partial charge in [-0.05, 0) is 32.1 Å². The summed E-state index contributed by atoms with van der Waals surface area (Å²) < 4.78 is 1.93. The molecular weight excluding hydrogens is 320 g/mol. The van der Waals surface area contributed by atoms with Crippen LogP contribution in [0.1, 0.15) is 50.3 Å². The van der Waals surface area contributed by atoms with Gasteiger partial charge in [0.1, 0.15) is 0 Å². The smallest absolute Gasteiger partial charge is 0.317 e. The molecule has 7 heteroatoms. The molecule has 25 heavy (non-hydrogen) atoms. The molecule has 1 aliphatic carbocycles. The second-order valence-corrected chi connectivity index (χ2v) is 7.45. The molecule has 138 valence electrons. The third-order valence-corrected chi connectivity index (χ3v) is 5.80. The van der Waals surface area contributed by atoms with Crippen LogP contribution in [0.4, 0.5) is 4.79 Å². The first-order chi connectivity index (χ1) is 12.0. The Morgan fingerprint density at radius 1 is 1.48 bits per heavy atom. The summed E-state index contributed by atoms with van der Waals surface area (Å²) in [6, 6.07) is -0.171. The molecule has 7 nitrogen and oxygen atoms in total. The number of unbranched alkanes of at least 4 members (excludes halogenated alkanes) is 1. The zero-order valence-corrected chi connectivity index (χ0v) is 15.1. The van der Waals surface area contributed by atoms with E-state index < -0.39 is 11.4 Å². The number of carbonyl (C=O) groups is 2. The first-order valence-electron chi connectivity index (χ1n) is 9.25. The van der Waals surface area contributed by atoms with Gasteiger partial charge in [-0.25, -0.2) is 4.79 Å². The van der Waals surface area contributed by atoms with Gasteiger partial charge in [-0.2, -0.15) is 5.10 Å². The predicted octanol–water partition coefficient (Wildman–Crippen LogP) is 2.39. The van der Waals surface area contributed by atoms with Crippen molar-refractivity contribution in [3.05, 3.63) is 17.5 Å². The number of carbonyl (C=O) groups excluding carboxylic acids is 1. The normalized spacial score (nSPS) is 25.2.